The number of allylic oxidation sites excluding steroid dienone is 2. The molecule has 0 aliphatic heterocycles. The summed E-state index contributed by atoms with van der Waals surface area (Å²) in [5.41, 5.74) is 1.09. The molecule has 12 heavy (non-hydrogen) atoms. The van der Waals surface area contributed by atoms with Gasteiger partial charge in [-0.2, -0.15) is 13.2 Å². The average Bonchev–Trinajstić information content (AvgIpc) is 1.83. The summed E-state index contributed by atoms with van der Waals surface area (Å²) < 4.78 is 36.9. The van der Waals surface area contributed by atoms with Gasteiger partial charge in [0.25, 0.3) is 0 Å². The molecule has 1 aliphatic carbocycles. The van der Waals surface area contributed by atoms with E-state index in [-0.39, 0.29) is 12.3 Å². The summed E-state index contributed by atoms with van der Waals surface area (Å²) >= 11 is 0. The molecule has 0 fully saturated rings. The first-order valence-corrected chi connectivity index (χ1v) is 4.15. The Morgan fingerprint density at radius 1 is 1.42 bits per heavy atom. The van der Waals surface area contributed by atoms with Crippen LogP contribution in [0, 0.1) is 11.8 Å². The summed E-state index contributed by atoms with van der Waals surface area (Å²) in [5.74, 6) is -1.47. The molecule has 0 radical (unpaired) electrons. The van der Waals surface area contributed by atoms with E-state index in [2.05, 4.69) is 0 Å². The van der Waals surface area contributed by atoms with Gasteiger partial charge in [0.1, 0.15) is 0 Å². The predicted molar refractivity (Wildman–Crippen MR) is 41.7 cm³/mol. The van der Waals surface area contributed by atoms with Crippen LogP contribution in [0.4, 0.5) is 13.2 Å². The summed E-state index contributed by atoms with van der Waals surface area (Å²) in [6.45, 7) is 3.53. The highest BCUT2D eigenvalue weighted by Gasteiger charge is 2.42. The van der Waals surface area contributed by atoms with Crippen molar-refractivity contribution in [2.75, 3.05) is 0 Å². The summed E-state index contributed by atoms with van der Waals surface area (Å²) in [4.78, 5) is 0. The van der Waals surface area contributed by atoms with Crippen molar-refractivity contribution in [3.05, 3.63) is 11.6 Å². The Morgan fingerprint density at radius 2 is 2.00 bits per heavy atom. The van der Waals surface area contributed by atoms with Crippen molar-refractivity contribution in [3.63, 3.8) is 0 Å². The van der Waals surface area contributed by atoms with Gasteiger partial charge in [-0.1, -0.05) is 18.6 Å². The van der Waals surface area contributed by atoms with Gasteiger partial charge < -0.3 is 0 Å². The van der Waals surface area contributed by atoms with Crippen LogP contribution in [0.2, 0.25) is 0 Å². The number of alkyl halides is 3. The summed E-state index contributed by atoms with van der Waals surface area (Å²) in [7, 11) is 0. The molecule has 0 aromatic rings. The van der Waals surface area contributed by atoms with Crippen molar-refractivity contribution >= 4 is 0 Å². The second-order valence-corrected chi connectivity index (χ2v) is 3.56. The molecule has 0 aromatic carbocycles. The SMILES string of the molecule is CC1=CC(C)C(C(F)(F)F)CC1. The van der Waals surface area contributed by atoms with E-state index in [1.165, 1.54) is 0 Å². The zero-order valence-electron chi connectivity index (χ0n) is 7.28. The largest absolute Gasteiger partial charge is 0.392 e. The Balaban J connectivity index is 2.72. The molecule has 2 atom stereocenters. The fourth-order valence-corrected chi connectivity index (χ4v) is 1.76. The lowest BCUT2D eigenvalue weighted by atomic mass is 9.82. The summed E-state index contributed by atoms with van der Waals surface area (Å²) in [6, 6.07) is 0. The van der Waals surface area contributed by atoms with Crippen LogP contribution in [-0.2, 0) is 0 Å². The lowest BCUT2D eigenvalue weighted by molar-refractivity contribution is -0.186. The average molecular weight is 178 g/mol. The van der Waals surface area contributed by atoms with Crippen molar-refractivity contribution in [3.8, 4) is 0 Å². The zero-order valence-corrected chi connectivity index (χ0v) is 7.28. The topological polar surface area (TPSA) is 0 Å². The monoisotopic (exact) mass is 178 g/mol. The van der Waals surface area contributed by atoms with Crippen LogP contribution in [0.5, 0.6) is 0 Å². The fraction of sp³-hybridized carbons (Fsp3) is 0.778. The molecule has 0 saturated carbocycles. The highest BCUT2D eigenvalue weighted by molar-refractivity contribution is 5.07. The Labute approximate surface area is 70.5 Å². The van der Waals surface area contributed by atoms with Crippen LogP contribution < -0.4 is 0 Å². The molecule has 0 bridgehead atoms. The second-order valence-electron chi connectivity index (χ2n) is 3.56. The third-order valence-corrected chi connectivity index (χ3v) is 2.45. The maximum Gasteiger partial charge on any atom is 0.392 e. The molecule has 1 rings (SSSR count). The van der Waals surface area contributed by atoms with Crippen LogP contribution in [0.15, 0.2) is 11.6 Å². The molecule has 0 amide bonds. The van der Waals surface area contributed by atoms with Gasteiger partial charge in [0, 0.05) is 0 Å². The minimum Gasteiger partial charge on any atom is -0.171 e. The molecule has 0 nitrogen and oxygen atoms in total. The number of hydrogen-bond donors (Lipinski definition) is 0. The number of halogens is 3. The quantitative estimate of drug-likeness (QED) is 0.498. The van der Waals surface area contributed by atoms with Crippen molar-refractivity contribution in [1.82, 2.24) is 0 Å². The predicted octanol–water partition coefficient (Wildman–Crippen LogP) is 3.54. The smallest absolute Gasteiger partial charge is 0.171 e. The van der Waals surface area contributed by atoms with E-state index in [4.69, 9.17) is 0 Å². The Bertz CT molecular complexity index is 190. The molecule has 0 heterocycles. The lowest BCUT2D eigenvalue weighted by Crippen LogP contribution is -2.30. The third-order valence-electron chi connectivity index (χ3n) is 2.45. The molecule has 1 aliphatic rings. The van der Waals surface area contributed by atoms with E-state index in [0.29, 0.717) is 6.42 Å². The van der Waals surface area contributed by atoms with E-state index < -0.39 is 12.1 Å². The molecule has 3 heteroatoms. The summed E-state index contributed by atoms with van der Waals surface area (Å²) in [6.07, 6.45) is -1.43. The maximum atomic E-state index is 12.3. The van der Waals surface area contributed by atoms with Crippen LogP contribution in [0.25, 0.3) is 0 Å². The number of rotatable bonds is 0. The first-order valence-electron chi connectivity index (χ1n) is 4.15. The van der Waals surface area contributed by atoms with Gasteiger partial charge in [-0.15, -0.1) is 0 Å². The number of hydrogen-bond acceptors (Lipinski definition) is 0. The molecule has 0 saturated heterocycles. The van der Waals surface area contributed by atoms with Crippen molar-refractivity contribution < 1.29 is 13.2 Å². The molecule has 0 spiro atoms. The maximum absolute atomic E-state index is 12.3. The van der Waals surface area contributed by atoms with Gasteiger partial charge in [-0.05, 0) is 25.7 Å². The minimum atomic E-state index is -4.02. The standard InChI is InChI=1S/C9H13F3/c1-6-3-4-8(7(2)5-6)9(10,11)12/h5,7-8H,3-4H2,1-2H3. The molecule has 0 aromatic heterocycles. The molecular weight excluding hydrogens is 165 g/mol. The van der Waals surface area contributed by atoms with Gasteiger partial charge in [0.05, 0.1) is 5.92 Å². The van der Waals surface area contributed by atoms with E-state index in [1.807, 2.05) is 6.92 Å². The first-order chi connectivity index (χ1) is 5.41. The van der Waals surface area contributed by atoms with Gasteiger partial charge in [0.15, 0.2) is 0 Å². The van der Waals surface area contributed by atoms with Gasteiger partial charge in [-0.25, -0.2) is 0 Å². The van der Waals surface area contributed by atoms with Crippen molar-refractivity contribution in [2.45, 2.75) is 32.9 Å². The van der Waals surface area contributed by atoms with Gasteiger partial charge in [0.2, 0.25) is 0 Å². The second kappa shape index (κ2) is 3.11. The highest BCUT2D eigenvalue weighted by Crippen LogP contribution is 2.39. The van der Waals surface area contributed by atoms with Crippen LogP contribution in [-0.4, -0.2) is 6.18 Å². The molecule has 0 N–H and O–H groups in total. The van der Waals surface area contributed by atoms with Crippen LogP contribution in [0.3, 0.4) is 0 Å². The van der Waals surface area contributed by atoms with Crippen molar-refractivity contribution in [2.24, 2.45) is 11.8 Å². The van der Waals surface area contributed by atoms with E-state index in [1.54, 1.807) is 13.0 Å². The van der Waals surface area contributed by atoms with Gasteiger partial charge in [-0.3, -0.25) is 0 Å². The minimum absolute atomic E-state index is 0.257. The van der Waals surface area contributed by atoms with E-state index >= 15 is 0 Å². The molecular formula is C9H13F3. The van der Waals surface area contributed by atoms with Crippen molar-refractivity contribution in [1.29, 1.82) is 0 Å². The Kier molecular flexibility index (Phi) is 2.49. The Hall–Kier alpha value is -0.470. The van der Waals surface area contributed by atoms with E-state index in [0.717, 1.165) is 5.57 Å². The lowest BCUT2D eigenvalue weighted by Gasteiger charge is -2.28. The third kappa shape index (κ3) is 2.02. The Morgan fingerprint density at radius 3 is 2.42 bits per heavy atom. The summed E-state index contributed by atoms with van der Waals surface area (Å²) in [5, 5.41) is 0. The van der Waals surface area contributed by atoms with Crippen LogP contribution >= 0.6 is 0 Å². The van der Waals surface area contributed by atoms with E-state index in [9.17, 15) is 13.2 Å². The van der Waals surface area contributed by atoms with Crippen LogP contribution in [0.1, 0.15) is 26.7 Å². The molecule has 2 unspecified atom stereocenters. The molecule has 70 valence electrons. The first kappa shape index (κ1) is 9.62. The zero-order chi connectivity index (χ0) is 9.35. The van der Waals surface area contributed by atoms with Gasteiger partial charge >= 0.3 is 6.18 Å². The fourth-order valence-electron chi connectivity index (χ4n) is 1.76. The normalized spacial score (nSPS) is 31.6. The highest BCUT2D eigenvalue weighted by atomic mass is 19.4.